The molecule has 106 valence electrons. The van der Waals surface area contributed by atoms with E-state index in [1.807, 2.05) is 0 Å². The van der Waals surface area contributed by atoms with Gasteiger partial charge in [0.05, 0.1) is 0 Å². The number of carboxylic acid groups (broad SMARTS) is 1. The molecule has 0 aliphatic carbocycles. The predicted molar refractivity (Wildman–Crippen MR) is 73.9 cm³/mol. The summed E-state index contributed by atoms with van der Waals surface area (Å²) in [5.41, 5.74) is -0.729. The number of hydrogen-bond donors (Lipinski definition) is 2. The molecule has 1 fully saturated rings. The number of unbranched alkanes of at least 4 members (excludes halogenated alkanes) is 1. The van der Waals surface area contributed by atoms with Gasteiger partial charge in [0.15, 0.2) is 0 Å². The highest BCUT2D eigenvalue weighted by Gasteiger charge is 2.36. The molecule has 4 nitrogen and oxygen atoms in total. The van der Waals surface area contributed by atoms with Crippen LogP contribution in [0.25, 0.3) is 0 Å². The van der Waals surface area contributed by atoms with Crippen LogP contribution in [0.5, 0.6) is 0 Å². The highest BCUT2D eigenvalue weighted by Crippen LogP contribution is 2.21. The van der Waals surface area contributed by atoms with E-state index in [1.165, 1.54) is 19.3 Å². The van der Waals surface area contributed by atoms with E-state index in [0.29, 0.717) is 6.42 Å². The van der Waals surface area contributed by atoms with Crippen molar-refractivity contribution in [2.24, 2.45) is 0 Å². The van der Waals surface area contributed by atoms with Crippen LogP contribution in [0, 0.1) is 0 Å². The predicted octanol–water partition coefficient (Wildman–Crippen LogP) is 2.10. The van der Waals surface area contributed by atoms with Gasteiger partial charge in [-0.05, 0) is 45.8 Å². The highest BCUT2D eigenvalue weighted by molar-refractivity contribution is 5.78. The zero-order chi connectivity index (χ0) is 13.4. The average molecular weight is 256 g/mol. The van der Waals surface area contributed by atoms with Gasteiger partial charge in [0.1, 0.15) is 5.54 Å². The van der Waals surface area contributed by atoms with Gasteiger partial charge >= 0.3 is 5.97 Å². The normalized spacial score (nSPS) is 20.6. The Morgan fingerprint density at radius 3 is 2.44 bits per heavy atom. The Kier molecular flexibility index (Phi) is 6.65. The minimum absolute atomic E-state index is 0.699. The van der Waals surface area contributed by atoms with Crippen LogP contribution in [-0.2, 0) is 4.79 Å². The molecule has 1 atom stereocenters. The zero-order valence-electron chi connectivity index (χ0n) is 11.9. The number of aliphatic carboxylic acids is 1. The largest absolute Gasteiger partial charge is 0.480 e. The molecule has 0 bridgehead atoms. The number of rotatable bonds is 8. The number of nitrogens with one attached hydrogen (secondary N) is 1. The van der Waals surface area contributed by atoms with Crippen molar-refractivity contribution >= 4 is 5.97 Å². The lowest BCUT2D eigenvalue weighted by molar-refractivity contribution is -0.145. The van der Waals surface area contributed by atoms with E-state index in [4.69, 9.17) is 0 Å². The van der Waals surface area contributed by atoms with Crippen LogP contribution in [-0.4, -0.2) is 48.2 Å². The fourth-order valence-corrected chi connectivity index (χ4v) is 2.71. The first-order valence-electron chi connectivity index (χ1n) is 7.29. The van der Waals surface area contributed by atoms with Crippen molar-refractivity contribution in [1.29, 1.82) is 0 Å². The first-order valence-corrected chi connectivity index (χ1v) is 7.29. The Balaban J connectivity index is 2.50. The third kappa shape index (κ3) is 4.25. The molecule has 1 aliphatic rings. The van der Waals surface area contributed by atoms with Crippen molar-refractivity contribution in [3.8, 4) is 0 Å². The number of piperidine rings is 1. The van der Waals surface area contributed by atoms with Gasteiger partial charge in [0.2, 0.25) is 0 Å². The van der Waals surface area contributed by atoms with Gasteiger partial charge in [-0.25, -0.2) is 0 Å². The Bertz CT molecular complexity index is 252. The third-order valence-corrected chi connectivity index (χ3v) is 4.15. The number of carboxylic acids is 1. The van der Waals surface area contributed by atoms with Gasteiger partial charge < -0.3 is 15.3 Å². The fourth-order valence-electron chi connectivity index (χ4n) is 2.71. The van der Waals surface area contributed by atoms with Crippen LogP contribution in [0.4, 0.5) is 0 Å². The average Bonchev–Trinajstić information content (AvgIpc) is 2.40. The number of hydrogen-bond acceptors (Lipinski definition) is 3. The fraction of sp³-hybridized carbons (Fsp3) is 0.929. The lowest BCUT2D eigenvalue weighted by atomic mass is 9.88. The molecule has 1 unspecified atom stereocenters. The molecule has 0 amide bonds. The maximum Gasteiger partial charge on any atom is 0.323 e. The summed E-state index contributed by atoms with van der Waals surface area (Å²) < 4.78 is 0. The van der Waals surface area contributed by atoms with E-state index in [1.54, 1.807) is 7.05 Å². The van der Waals surface area contributed by atoms with Crippen molar-refractivity contribution in [2.75, 3.05) is 26.7 Å². The molecule has 0 aromatic heterocycles. The quantitative estimate of drug-likeness (QED) is 0.698. The van der Waals surface area contributed by atoms with Crippen LogP contribution in [0.1, 0.15) is 51.9 Å². The summed E-state index contributed by atoms with van der Waals surface area (Å²) in [6.07, 6.45) is 7.28. The molecular formula is C14H28N2O2. The Morgan fingerprint density at radius 2 is 1.94 bits per heavy atom. The summed E-state index contributed by atoms with van der Waals surface area (Å²) >= 11 is 0. The second-order valence-electron chi connectivity index (χ2n) is 5.39. The molecule has 1 rings (SSSR count). The summed E-state index contributed by atoms with van der Waals surface area (Å²) in [6.45, 7) is 5.27. The zero-order valence-corrected chi connectivity index (χ0v) is 11.9. The van der Waals surface area contributed by atoms with Crippen molar-refractivity contribution in [3.05, 3.63) is 0 Å². The summed E-state index contributed by atoms with van der Waals surface area (Å²) in [6, 6.07) is 0. The lowest BCUT2D eigenvalue weighted by Gasteiger charge is -2.33. The van der Waals surface area contributed by atoms with E-state index < -0.39 is 11.5 Å². The molecule has 18 heavy (non-hydrogen) atoms. The smallest absolute Gasteiger partial charge is 0.323 e. The van der Waals surface area contributed by atoms with Crippen LogP contribution in [0.15, 0.2) is 0 Å². The van der Waals surface area contributed by atoms with Gasteiger partial charge in [0, 0.05) is 6.54 Å². The number of carbonyl (C=O) groups is 1. The van der Waals surface area contributed by atoms with Crippen molar-refractivity contribution in [2.45, 2.75) is 57.4 Å². The molecule has 0 radical (unpaired) electrons. The first kappa shape index (κ1) is 15.4. The summed E-state index contributed by atoms with van der Waals surface area (Å²) in [4.78, 5) is 14.0. The first-order chi connectivity index (χ1) is 8.64. The Morgan fingerprint density at radius 1 is 1.28 bits per heavy atom. The van der Waals surface area contributed by atoms with E-state index in [2.05, 4.69) is 17.1 Å². The van der Waals surface area contributed by atoms with Crippen LogP contribution in [0.3, 0.4) is 0 Å². The van der Waals surface area contributed by atoms with Gasteiger partial charge in [-0.2, -0.15) is 0 Å². The standard InChI is InChI=1S/C14H28N2O2/c1-3-4-8-14(15-2,13(17)18)9-12-16-10-6-5-7-11-16/h15H,3-12H2,1-2H3,(H,17,18). The number of likely N-dealkylation sites (N-methyl/N-ethyl adjacent to an activating group) is 1. The minimum atomic E-state index is -0.729. The van der Waals surface area contributed by atoms with Crippen molar-refractivity contribution < 1.29 is 9.90 Å². The summed E-state index contributed by atoms with van der Waals surface area (Å²) in [5, 5.41) is 12.6. The lowest BCUT2D eigenvalue weighted by Crippen LogP contribution is -2.52. The molecular weight excluding hydrogens is 228 g/mol. The molecule has 4 heteroatoms. The monoisotopic (exact) mass is 256 g/mol. The Labute approximate surface area is 111 Å². The van der Waals surface area contributed by atoms with Gasteiger partial charge in [-0.15, -0.1) is 0 Å². The molecule has 1 saturated heterocycles. The molecule has 0 saturated carbocycles. The highest BCUT2D eigenvalue weighted by atomic mass is 16.4. The summed E-state index contributed by atoms with van der Waals surface area (Å²) in [7, 11) is 1.78. The minimum Gasteiger partial charge on any atom is -0.480 e. The van der Waals surface area contributed by atoms with E-state index >= 15 is 0 Å². The second kappa shape index (κ2) is 7.74. The molecule has 1 heterocycles. The molecule has 0 aromatic carbocycles. The SMILES string of the molecule is CCCCC(CCN1CCCCC1)(NC)C(=O)O. The number of likely N-dealkylation sites (tertiary alicyclic amines) is 1. The maximum atomic E-state index is 11.6. The molecule has 0 aromatic rings. The molecule has 0 spiro atoms. The van der Waals surface area contributed by atoms with E-state index in [-0.39, 0.29) is 0 Å². The van der Waals surface area contributed by atoms with Crippen molar-refractivity contribution in [3.63, 3.8) is 0 Å². The van der Waals surface area contributed by atoms with E-state index in [0.717, 1.165) is 38.9 Å². The van der Waals surface area contributed by atoms with Gasteiger partial charge in [-0.3, -0.25) is 4.79 Å². The second-order valence-corrected chi connectivity index (χ2v) is 5.39. The Hall–Kier alpha value is -0.610. The van der Waals surface area contributed by atoms with Gasteiger partial charge in [-0.1, -0.05) is 26.2 Å². The summed E-state index contributed by atoms with van der Waals surface area (Å²) in [5.74, 6) is -0.699. The molecule has 1 aliphatic heterocycles. The van der Waals surface area contributed by atoms with Crippen LogP contribution < -0.4 is 5.32 Å². The van der Waals surface area contributed by atoms with Crippen LogP contribution >= 0.6 is 0 Å². The molecule has 2 N–H and O–H groups in total. The number of nitrogens with zero attached hydrogens (tertiary/aromatic N) is 1. The topological polar surface area (TPSA) is 52.6 Å². The third-order valence-electron chi connectivity index (χ3n) is 4.15. The maximum absolute atomic E-state index is 11.6. The van der Waals surface area contributed by atoms with Gasteiger partial charge in [0.25, 0.3) is 0 Å². The van der Waals surface area contributed by atoms with Crippen LogP contribution in [0.2, 0.25) is 0 Å². The van der Waals surface area contributed by atoms with E-state index in [9.17, 15) is 9.90 Å². The van der Waals surface area contributed by atoms with Crippen molar-refractivity contribution in [1.82, 2.24) is 10.2 Å².